The first-order valence-corrected chi connectivity index (χ1v) is 9.05. The van der Waals surface area contributed by atoms with Crippen molar-refractivity contribution in [2.45, 2.75) is 17.9 Å². The second-order valence-corrected chi connectivity index (χ2v) is 7.41. The fraction of sp³-hybridized carbons (Fsp3) is 0.533. The minimum atomic E-state index is -3.48. The highest BCUT2D eigenvalue weighted by molar-refractivity contribution is 7.89. The van der Waals surface area contributed by atoms with Crippen molar-refractivity contribution in [2.75, 3.05) is 39.9 Å². The molecular weight excluding hydrogens is 318 g/mol. The van der Waals surface area contributed by atoms with Crippen LogP contribution in [0, 0.1) is 0 Å². The van der Waals surface area contributed by atoms with Gasteiger partial charge in [-0.25, -0.2) is 13.1 Å². The van der Waals surface area contributed by atoms with Crippen molar-refractivity contribution in [3.8, 4) is 0 Å². The number of carbonyl (C=O) groups excluding carboxylic acids is 1. The average molecular weight is 341 g/mol. The zero-order chi connectivity index (χ0) is 16.9. The fourth-order valence-corrected chi connectivity index (χ4v) is 3.16. The van der Waals surface area contributed by atoms with E-state index in [4.69, 9.17) is 4.74 Å². The molecule has 1 heterocycles. The lowest BCUT2D eigenvalue weighted by Crippen LogP contribution is -2.46. The molecule has 1 aliphatic heterocycles. The van der Waals surface area contributed by atoms with Crippen molar-refractivity contribution < 1.29 is 17.9 Å². The van der Waals surface area contributed by atoms with E-state index in [0.717, 1.165) is 32.8 Å². The molecule has 2 N–H and O–H groups in total. The maximum atomic E-state index is 12.2. The van der Waals surface area contributed by atoms with Gasteiger partial charge in [0.25, 0.3) is 5.91 Å². The van der Waals surface area contributed by atoms with Gasteiger partial charge >= 0.3 is 0 Å². The van der Waals surface area contributed by atoms with Crippen LogP contribution in [0.25, 0.3) is 0 Å². The maximum absolute atomic E-state index is 12.2. The van der Waals surface area contributed by atoms with E-state index in [0.29, 0.717) is 5.56 Å². The summed E-state index contributed by atoms with van der Waals surface area (Å²) in [5.74, 6) is -0.209. The van der Waals surface area contributed by atoms with Gasteiger partial charge in [-0.3, -0.25) is 9.69 Å². The Bertz CT molecular complexity index is 625. The average Bonchev–Trinajstić information content (AvgIpc) is 2.55. The molecule has 0 bridgehead atoms. The van der Waals surface area contributed by atoms with Gasteiger partial charge in [-0.1, -0.05) is 0 Å². The number of benzene rings is 1. The van der Waals surface area contributed by atoms with E-state index < -0.39 is 10.0 Å². The van der Waals surface area contributed by atoms with E-state index in [1.165, 1.54) is 31.3 Å². The van der Waals surface area contributed by atoms with Gasteiger partial charge < -0.3 is 10.1 Å². The summed E-state index contributed by atoms with van der Waals surface area (Å²) >= 11 is 0. The summed E-state index contributed by atoms with van der Waals surface area (Å²) in [6, 6.07) is 5.88. The van der Waals surface area contributed by atoms with Gasteiger partial charge in [0.1, 0.15) is 0 Å². The summed E-state index contributed by atoms with van der Waals surface area (Å²) in [5.41, 5.74) is 0.439. The Hall–Kier alpha value is -1.48. The van der Waals surface area contributed by atoms with Gasteiger partial charge in [0.2, 0.25) is 10.0 Å². The molecule has 1 unspecified atom stereocenters. The highest BCUT2D eigenvalue weighted by Crippen LogP contribution is 2.10. The Balaban J connectivity index is 1.92. The van der Waals surface area contributed by atoms with E-state index >= 15 is 0 Å². The molecule has 0 aliphatic carbocycles. The molecule has 0 aromatic heterocycles. The van der Waals surface area contributed by atoms with Crippen LogP contribution in [-0.2, 0) is 14.8 Å². The SMILES string of the molecule is CNS(=O)(=O)c1ccc(C(=O)NC(C)CN2CCOCC2)cc1. The van der Waals surface area contributed by atoms with Crippen LogP contribution in [0.3, 0.4) is 0 Å². The number of nitrogens with one attached hydrogen (secondary N) is 2. The van der Waals surface area contributed by atoms with Crippen molar-refractivity contribution >= 4 is 15.9 Å². The Morgan fingerprint density at radius 3 is 2.43 bits per heavy atom. The third-order valence-electron chi connectivity index (χ3n) is 3.71. The molecule has 0 saturated carbocycles. The summed E-state index contributed by atoms with van der Waals surface area (Å²) in [7, 11) is -2.13. The molecule has 0 radical (unpaired) electrons. The lowest BCUT2D eigenvalue weighted by molar-refractivity contribution is 0.0342. The predicted octanol–water partition coefficient (Wildman–Crippen LogP) is 0.0452. The first-order chi connectivity index (χ1) is 10.9. The van der Waals surface area contributed by atoms with Crippen LogP contribution in [-0.4, -0.2) is 65.2 Å². The normalized spacial score (nSPS) is 17.7. The minimum Gasteiger partial charge on any atom is -0.379 e. The van der Waals surface area contributed by atoms with E-state index in [1.54, 1.807) is 0 Å². The number of ether oxygens (including phenoxy) is 1. The minimum absolute atomic E-state index is 0.00122. The number of carbonyl (C=O) groups is 1. The predicted molar refractivity (Wildman–Crippen MR) is 86.9 cm³/mol. The molecule has 1 atom stereocenters. The summed E-state index contributed by atoms with van der Waals surface area (Å²) in [6.45, 7) is 5.91. The second-order valence-electron chi connectivity index (χ2n) is 5.52. The Kier molecular flexibility index (Phi) is 6.11. The van der Waals surface area contributed by atoms with E-state index in [-0.39, 0.29) is 16.8 Å². The number of hydrogen-bond donors (Lipinski definition) is 2. The summed E-state index contributed by atoms with van der Waals surface area (Å²) in [5, 5.41) is 2.93. The van der Waals surface area contributed by atoms with Gasteiger partial charge in [-0.05, 0) is 38.2 Å². The van der Waals surface area contributed by atoms with Gasteiger partial charge in [0, 0.05) is 31.2 Å². The van der Waals surface area contributed by atoms with Gasteiger partial charge in [0.15, 0.2) is 0 Å². The fourth-order valence-electron chi connectivity index (χ4n) is 2.43. The van der Waals surface area contributed by atoms with Crippen LogP contribution in [0.15, 0.2) is 29.2 Å². The first kappa shape index (κ1) is 17.9. The zero-order valence-electron chi connectivity index (χ0n) is 13.4. The third kappa shape index (κ3) is 5.00. The van der Waals surface area contributed by atoms with E-state index in [1.807, 2.05) is 6.92 Å². The molecular formula is C15H23N3O4S. The van der Waals surface area contributed by atoms with Crippen LogP contribution in [0.4, 0.5) is 0 Å². The molecule has 23 heavy (non-hydrogen) atoms. The van der Waals surface area contributed by atoms with Crippen LogP contribution in [0.2, 0.25) is 0 Å². The maximum Gasteiger partial charge on any atom is 0.251 e. The van der Waals surface area contributed by atoms with Crippen LogP contribution >= 0.6 is 0 Å². The largest absolute Gasteiger partial charge is 0.379 e. The molecule has 8 heteroatoms. The molecule has 1 fully saturated rings. The van der Waals surface area contributed by atoms with E-state index in [2.05, 4.69) is 14.9 Å². The lowest BCUT2D eigenvalue weighted by Gasteiger charge is -2.29. The quantitative estimate of drug-likeness (QED) is 0.763. The van der Waals surface area contributed by atoms with Crippen LogP contribution in [0.1, 0.15) is 17.3 Å². The monoisotopic (exact) mass is 341 g/mol. The lowest BCUT2D eigenvalue weighted by atomic mass is 10.2. The molecule has 1 aromatic rings. The summed E-state index contributed by atoms with van der Waals surface area (Å²) in [6.07, 6.45) is 0. The highest BCUT2D eigenvalue weighted by Gasteiger charge is 2.17. The van der Waals surface area contributed by atoms with Crippen molar-refractivity contribution in [2.24, 2.45) is 0 Å². The van der Waals surface area contributed by atoms with Crippen molar-refractivity contribution in [1.29, 1.82) is 0 Å². The highest BCUT2D eigenvalue weighted by atomic mass is 32.2. The Morgan fingerprint density at radius 1 is 1.26 bits per heavy atom. The van der Waals surface area contributed by atoms with Crippen LogP contribution < -0.4 is 10.0 Å². The molecule has 1 saturated heterocycles. The summed E-state index contributed by atoms with van der Waals surface area (Å²) < 4.78 is 30.8. The number of rotatable bonds is 6. The molecule has 1 amide bonds. The van der Waals surface area contributed by atoms with Crippen molar-refractivity contribution in [3.63, 3.8) is 0 Å². The zero-order valence-corrected chi connectivity index (χ0v) is 14.2. The van der Waals surface area contributed by atoms with Crippen molar-refractivity contribution in [3.05, 3.63) is 29.8 Å². The molecule has 128 valence electrons. The number of amides is 1. The third-order valence-corrected chi connectivity index (χ3v) is 5.14. The molecule has 1 aliphatic rings. The number of hydrogen-bond acceptors (Lipinski definition) is 5. The van der Waals surface area contributed by atoms with Crippen LogP contribution in [0.5, 0.6) is 0 Å². The van der Waals surface area contributed by atoms with E-state index in [9.17, 15) is 13.2 Å². The van der Waals surface area contributed by atoms with Gasteiger partial charge in [0.05, 0.1) is 18.1 Å². The smallest absolute Gasteiger partial charge is 0.251 e. The van der Waals surface area contributed by atoms with Gasteiger partial charge in [-0.15, -0.1) is 0 Å². The molecule has 7 nitrogen and oxygen atoms in total. The van der Waals surface area contributed by atoms with Gasteiger partial charge in [-0.2, -0.15) is 0 Å². The molecule has 2 rings (SSSR count). The number of nitrogens with zero attached hydrogens (tertiary/aromatic N) is 1. The standard InChI is InChI=1S/C15H23N3O4S/c1-12(11-18-7-9-22-10-8-18)17-15(19)13-3-5-14(6-4-13)23(20,21)16-2/h3-6,12,16H,7-11H2,1-2H3,(H,17,19). The topological polar surface area (TPSA) is 87.7 Å². The Morgan fingerprint density at radius 2 is 1.87 bits per heavy atom. The molecule has 0 spiro atoms. The number of sulfonamides is 1. The first-order valence-electron chi connectivity index (χ1n) is 7.57. The molecule has 1 aromatic carbocycles. The number of morpholine rings is 1. The van der Waals surface area contributed by atoms with Crippen molar-refractivity contribution in [1.82, 2.24) is 14.9 Å². The Labute approximate surface area is 137 Å². The second kappa shape index (κ2) is 7.87. The summed E-state index contributed by atoms with van der Waals surface area (Å²) in [4.78, 5) is 14.6.